The SMILES string of the molecule is C/C=C/Sc1c[nH]c(=O)[nH]c1=O. The van der Waals surface area contributed by atoms with Gasteiger partial charge in [-0.25, -0.2) is 4.79 Å². The molecule has 64 valence electrons. The molecule has 0 aliphatic carbocycles. The number of allylic oxidation sites excluding steroid dienone is 1. The minimum absolute atomic E-state index is 0.359. The van der Waals surface area contributed by atoms with Crippen molar-refractivity contribution in [3.05, 3.63) is 38.5 Å². The molecule has 4 nitrogen and oxygen atoms in total. The van der Waals surface area contributed by atoms with E-state index in [1.165, 1.54) is 18.0 Å². The standard InChI is InChI=1S/C7H8N2O2S/c1-2-3-12-5-4-8-7(11)9-6(5)10/h2-4H,1H3,(H2,8,9,10,11)/b3-2+. The fourth-order valence-corrected chi connectivity index (χ4v) is 1.19. The maximum atomic E-state index is 11.0. The van der Waals surface area contributed by atoms with Crippen LogP contribution in [0, 0.1) is 0 Å². The smallest absolute Gasteiger partial charge is 0.313 e. The number of H-pyrrole nitrogens is 2. The summed E-state index contributed by atoms with van der Waals surface area (Å²) in [6.45, 7) is 1.85. The molecule has 0 aliphatic heterocycles. The van der Waals surface area contributed by atoms with E-state index in [9.17, 15) is 9.59 Å². The van der Waals surface area contributed by atoms with Crippen molar-refractivity contribution in [3.8, 4) is 0 Å². The molecule has 0 spiro atoms. The summed E-state index contributed by atoms with van der Waals surface area (Å²) in [5.41, 5.74) is -0.841. The lowest BCUT2D eigenvalue weighted by molar-refractivity contribution is 0.978. The summed E-state index contributed by atoms with van der Waals surface area (Å²) in [6.07, 6.45) is 3.21. The Bertz CT molecular complexity index is 391. The van der Waals surface area contributed by atoms with Gasteiger partial charge in [-0.2, -0.15) is 0 Å². The molecule has 0 amide bonds. The van der Waals surface area contributed by atoms with Gasteiger partial charge in [-0.1, -0.05) is 17.8 Å². The zero-order valence-electron chi connectivity index (χ0n) is 6.46. The summed E-state index contributed by atoms with van der Waals surface area (Å²) < 4.78 is 0. The second-order valence-electron chi connectivity index (χ2n) is 2.02. The van der Waals surface area contributed by atoms with Crippen molar-refractivity contribution >= 4 is 11.8 Å². The third-order valence-corrected chi connectivity index (χ3v) is 2.08. The molecule has 5 heteroatoms. The number of thioether (sulfide) groups is 1. The van der Waals surface area contributed by atoms with Gasteiger partial charge >= 0.3 is 5.69 Å². The molecule has 2 N–H and O–H groups in total. The Labute approximate surface area is 72.7 Å². The van der Waals surface area contributed by atoms with Crippen LogP contribution in [0.5, 0.6) is 0 Å². The van der Waals surface area contributed by atoms with Crippen molar-refractivity contribution in [2.75, 3.05) is 0 Å². The van der Waals surface area contributed by atoms with E-state index in [-0.39, 0.29) is 5.56 Å². The maximum absolute atomic E-state index is 11.0. The molecule has 0 aromatic carbocycles. The summed E-state index contributed by atoms with van der Waals surface area (Å²) in [5.74, 6) is 0. The van der Waals surface area contributed by atoms with Gasteiger partial charge in [0.15, 0.2) is 0 Å². The zero-order chi connectivity index (χ0) is 8.97. The van der Waals surface area contributed by atoms with Gasteiger partial charge in [-0.15, -0.1) is 0 Å². The summed E-state index contributed by atoms with van der Waals surface area (Å²) in [4.78, 5) is 26.6. The molecule has 0 radical (unpaired) electrons. The Morgan fingerprint density at radius 2 is 2.25 bits per heavy atom. The van der Waals surface area contributed by atoms with Crippen LogP contribution in [0.15, 0.2) is 32.2 Å². The number of aromatic nitrogens is 2. The monoisotopic (exact) mass is 184 g/mol. The highest BCUT2D eigenvalue weighted by atomic mass is 32.2. The van der Waals surface area contributed by atoms with E-state index < -0.39 is 5.69 Å². The summed E-state index contributed by atoms with van der Waals surface area (Å²) in [7, 11) is 0. The number of aromatic amines is 2. The minimum Gasteiger partial charge on any atom is -0.313 e. The van der Waals surface area contributed by atoms with Crippen molar-refractivity contribution in [2.45, 2.75) is 11.8 Å². The van der Waals surface area contributed by atoms with Crippen molar-refractivity contribution < 1.29 is 0 Å². The van der Waals surface area contributed by atoms with Crippen LogP contribution in [0.2, 0.25) is 0 Å². The van der Waals surface area contributed by atoms with Crippen LogP contribution in [0.3, 0.4) is 0 Å². The zero-order valence-corrected chi connectivity index (χ0v) is 7.27. The highest BCUT2D eigenvalue weighted by Crippen LogP contribution is 2.11. The molecule has 12 heavy (non-hydrogen) atoms. The first kappa shape index (κ1) is 8.86. The van der Waals surface area contributed by atoms with E-state index in [2.05, 4.69) is 9.97 Å². The van der Waals surface area contributed by atoms with Gasteiger partial charge in [-0.05, 0) is 12.3 Å². The Morgan fingerprint density at radius 3 is 2.83 bits per heavy atom. The number of hydrogen-bond acceptors (Lipinski definition) is 3. The number of rotatable bonds is 2. The average molecular weight is 184 g/mol. The highest BCUT2D eigenvalue weighted by molar-refractivity contribution is 8.02. The summed E-state index contributed by atoms with van der Waals surface area (Å²) in [6, 6.07) is 0. The third kappa shape index (κ3) is 2.13. The fourth-order valence-electron chi connectivity index (χ4n) is 0.626. The molecule has 0 saturated heterocycles. The second-order valence-corrected chi connectivity index (χ2v) is 2.97. The van der Waals surface area contributed by atoms with E-state index >= 15 is 0 Å². The first-order valence-electron chi connectivity index (χ1n) is 3.34. The molecule has 0 bridgehead atoms. The maximum Gasteiger partial charge on any atom is 0.325 e. The van der Waals surface area contributed by atoms with Crippen molar-refractivity contribution in [3.63, 3.8) is 0 Å². The lowest BCUT2D eigenvalue weighted by Gasteiger charge is -1.91. The van der Waals surface area contributed by atoms with Crippen LogP contribution in [0.1, 0.15) is 6.92 Å². The number of nitrogens with one attached hydrogen (secondary N) is 2. The first-order chi connectivity index (χ1) is 5.74. The molecule has 0 fully saturated rings. The van der Waals surface area contributed by atoms with E-state index in [1.807, 2.05) is 13.0 Å². The van der Waals surface area contributed by atoms with Crippen LogP contribution < -0.4 is 11.2 Å². The number of hydrogen-bond donors (Lipinski definition) is 2. The predicted molar refractivity (Wildman–Crippen MR) is 48.4 cm³/mol. The molecule has 0 atom stereocenters. The summed E-state index contributed by atoms with van der Waals surface area (Å²) in [5, 5.41) is 1.77. The van der Waals surface area contributed by atoms with Crippen LogP contribution in [-0.2, 0) is 0 Å². The third-order valence-electron chi connectivity index (χ3n) is 1.12. The lowest BCUT2D eigenvalue weighted by atomic mass is 10.7. The predicted octanol–water partition coefficient (Wildman–Crippen LogP) is 0.689. The van der Waals surface area contributed by atoms with E-state index in [1.54, 1.807) is 5.41 Å². The lowest BCUT2D eigenvalue weighted by Crippen LogP contribution is -2.22. The fraction of sp³-hybridized carbons (Fsp3) is 0.143. The molecule has 1 heterocycles. The van der Waals surface area contributed by atoms with Crippen molar-refractivity contribution in [1.82, 2.24) is 9.97 Å². The molecule has 1 aromatic heterocycles. The van der Waals surface area contributed by atoms with Gasteiger partial charge in [0, 0.05) is 6.20 Å². The molecule has 0 saturated carbocycles. The summed E-state index contributed by atoms with van der Waals surface area (Å²) >= 11 is 1.26. The molecule has 0 aliphatic rings. The second kappa shape index (κ2) is 3.96. The molecule has 1 rings (SSSR count). The largest absolute Gasteiger partial charge is 0.325 e. The van der Waals surface area contributed by atoms with Crippen LogP contribution >= 0.6 is 11.8 Å². The normalized spacial score (nSPS) is 10.8. The van der Waals surface area contributed by atoms with E-state index in [0.717, 1.165) is 0 Å². The quantitative estimate of drug-likeness (QED) is 0.664. The van der Waals surface area contributed by atoms with Gasteiger partial charge in [0.05, 0.1) is 4.90 Å². The van der Waals surface area contributed by atoms with Crippen molar-refractivity contribution in [2.24, 2.45) is 0 Å². The molecule has 0 unspecified atom stereocenters. The van der Waals surface area contributed by atoms with Gasteiger partial charge in [0.25, 0.3) is 5.56 Å². The van der Waals surface area contributed by atoms with Crippen molar-refractivity contribution in [1.29, 1.82) is 0 Å². The first-order valence-corrected chi connectivity index (χ1v) is 4.22. The van der Waals surface area contributed by atoms with E-state index in [4.69, 9.17) is 0 Å². The van der Waals surface area contributed by atoms with Crippen LogP contribution in [0.25, 0.3) is 0 Å². The molecular formula is C7H8N2O2S. The minimum atomic E-state index is -0.482. The molecular weight excluding hydrogens is 176 g/mol. The Morgan fingerprint density at radius 1 is 1.50 bits per heavy atom. The van der Waals surface area contributed by atoms with E-state index in [0.29, 0.717) is 4.90 Å². The molecule has 1 aromatic rings. The highest BCUT2D eigenvalue weighted by Gasteiger charge is 1.96. The van der Waals surface area contributed by atoms with Gasteiger partial charge < -0.3 is 4.98 Å². The van der Waals surface area contributed by atoms with Crippen LogP contribution in [0.4, 0.5) is 0 Å². The Kier molecular flexibility index (Phi) is 2.93. The Balaban J connectivity index is 3.02. The Hall–Kier alpha value is -1.23. The van der Waals surface area contributed by atoms with Crippen LogP contribution in [-0.4, -0.2) is 9.97 Å². The van der Waals surface area contributed by atoms with Gasteiger partial charge in [-0.3, -0.25) is 9.78 Å². The van der Waals surface area contributed by atoms with Gasteiger partial charge in [0.1, 0.15) is 0 Å². The topological polar surface area (TPSA) is 65.7 Å². The van der Waals surface area contributed by atoms with Gasteiger partial charge in [0.2, 0.25) is 0 Å². The average Bonchev–Trinajstić information content (AvgIpc) is 2.03.